The molecular formula is C20H20N2O3S2. The Kier molecular flexibility index (Phi) is 4.99. The van der Waals surface area contributed by atoms with Gasteiger partial charge in [0.1, 0.15) is 6.10 Å². The smallest absolute Gasteiger partial charge is 0.273 e. The lowest BCUT2D eigenvalue weighted by atomic mass is 10.0. The van der Waals surface area contributed by atoms with Crippen molar-refractivity contribution >= 4 is 21.4 Å². The number of aryl methyl sites for hydroxylation is 1. The van der Waals surface area contributed by atoms with Crippen LogP contribution in [0.2, 0.25) is 0 Å². The quantitative estimate of drug-likeness (QED) is 0.650. The van der Waals surface area contributed by atoms with Crippen LogP contribution in [0.3, 0.4) is 0 Å². The average molecular weight is 401 g/mol. The van der Waals surface area contributed by atoms with E-state index in [9.17, 15) is 8.42 Å². The topological polar surface area (TPSA) is 59.5 Å². The van der Waals surface area contributed by atoms with Gasteiger partial charge in [-0.1, -0.05) is 53.3 Å². The van der Waals surface area contributed by atoms with Crippen LogP contribution >= 0.6 is 11.3 Å². The Bertz CT molecular complexity index is 1020. The highest BCUT2D eigenvalue weighted by Gasteiger charge is 2.33. The molecule has 140 valence electrons. The highest BCUT2D eigenvalue weighted by atomic mass is 32.2. The van der Waals surface area contributed by atoms with Crippen molar-refractivity contribution in [1.82, 2.24) is 9.29 Å². The number of rotatable bonds is 5. The van der Waals surface area contributed by atoms with Crippen LogP contribution in [0, 0.1) is 6.92 Å². The molecule has 0 aliphatic carbocycles. The molecule has 1 saturated heterocycles. The van der Waals surface area contributed by atoms with Crippen molar-refractivity contribution in [2.24, 2.45) is 0 Å². The summed E-state index contributed by atoms with van der Waals surface area (Å²) in [7, 11) is -3.52. The zero-order chi connectivity index (χ0) is 18.9. The van der Waals surface area contributed by atoms with Gasteiger partial charge >= 0.3 is 0 Å². The summed E-state index contributed by atoms with van der Waals surface area (Å²) in [5.74, 6) is 0. The molecule has 1 aliphatic rings. The molecule has 0 spiro atoms. The summed E-state index contributed by atoms with van der Waals surface area (Å²) in [6.07, 6.45) is 2.19. The van der Waals surface area contributed by atoms with Gasteiger partial charge in [-0.2, -0.15) is 4.31 Å². The van der Waals surface area contributed by atoms with E-state index in [0.717, 1.165) is 11.1 Å². The second-order valence-electron chi connectivity index (χ2n) is 6.58. The monoisotopic (exact) mass is 400 g/mol. The molecule has 1 unspecified atom stereocenters. The third-order valence-electron chi connectivity index (χ3n) is 4.63. The zero-order valence-electron chi connectivity index (χ0n) is 14.9. The first-order valence-corrected chi connectivity index (χ1v) is 11.1. The van der Waals surface area contributed by atoms with Crippen LogP contribution in [0.15, 0.2) is 65.0 Å². The van der Waals surface area contributed by atoms with Gasteiger partial charge in [0.05, 0.1) is 11.4 Å². The predicted molar refractivity (Wildman–Crippen MR) is 107 cm³/mol. The molecular weight excluding hydrogens is 380 g/mol. The lowest BCUT2D eigenvalue weighted by Crippen LogP contribution is -2.31. The van der Waals surface area contributed by atoms with Gasteiger partial charge in [0, 0.05) is 18.1 Å². The normalized spacial score (nSPS) is 17.9. The predicted octanol–water partition coefficient (Wildman–Crippen LogP) is 3.96. The van der Waals surface area contributed by atoms with E-state index in [-0.39, 0.29) is 6.10 Å². The lowest BCUT2D eigenvalue weighted by molar-refractivity contribution is 0.214. The summed E-state index contributed by atoms with van der Waals surface area (Å²) in [6, 6.07) is 15.2. The maximum Gasteiger partial charge on any atom is 0.273 e. The molecule has 0 N–H and O–H groups in total. The maximum absolute atomic E-state index is 12.9. The molecule has 1 fully saturated rings. The molecule has 7 heteroatoms. The third kappa shape index (κ3) is 3.90. The largest absolute Gasteiger partial charge is 0.465 e. The minimum Gasteiger partial charge on any atom is -0.465 e. The first kappa shape index (κ1) is 18.2. The van der Waals surface area contributed by atoms with Crippen LogP contribution < -0.4 is 4.74 Å². The van der Waals surface area contributed by atoms with Crippen molar-refractivity contribution in [2.45, 2.75) is 24.3 Å². The van der Waals surface area contributed by atoms with Crippen LogP contribution in [-0.2, 0) is 10.0 Å². The Hall–Kier alpha value is -2.22. The summed E-state index contributed by atoms with van der Waals surface area (Å²) >= 11 is 1.41. The minimum absolute atomic E-state index is 0.155. The van der Waals surface area contributed by atoms with Gasteiger partial charge in [-0.3, -0.25) is 0 Å². The highest BCUT2D eigenvalue weighted by molar-refractivity contribution is 7.89. The number of sulfonamides is 1. The van der Waals surface area contributed by atoms with E-state index in [1.807, 2.05) is 42.6 Å². The number of hydrogen-bond donors (Lipinski definition) is 0. The molecule has 0 bridgehead atoms. The summed E-state index contributed by atoms with van der Waals surface area (Å²) in [5, 5.41) is 2.43. The van der Waals surface area contributed by atoms with Gasteiger partial charge in [-0.05, 0) is 36.6 Å². The minimum atomic E-state index is -3.52. The summed E-state index contributed by atoms with van der Waals surface area (Å²) in [6.45, 7) is 2.85. The van der Waals surface area contributed by atoms with Crippen molar-refractivity contribution in [3.05, 3.63) is 65.7 Å². The molecule has 2 aromatic carbocycles. The molecule has 2 heterocycles. The highest BCUT2D eigenvalue weighted by Crippen LogP contribution is 2.27. The molecule has 0 radical (unpaired) electrons. The van der Waals surface area contributed by atoms with Crippen molar-refractivity contribution in [3.63, 3.8) is 0 Å². The van der Waals surface area contributed by atoms with Crippen LogP contribution in [0.1, 0.15) is 12.0 Å². The van der Waals surface area contributed by atoms with Crippen LogP contribution in [0.25, 0.3) is 11.1 Å². The molecule has 4 rings (SSSR count). The molecule has 0 saturated carbocycles. The molecule has 0 amide bonds. The second kappa shape index (κ2) is 7.42. The first-order valence-electron chi connectivity index (χ1n) is 8.76. The van der Waals surface area contributed by atoms with Crippen LogP contribution in [0.5, 0.6) is 5.19 Å². The van der Waals surface area contributed by atoms with Gasteiger partial charge in [0.25, 0.3) is 5.19 Å². The number of ether oxygens (including phenoxy) is 1. The number of aromatic nitrogens is 1. The van der Waals surface area contributed by atoms with E-state index >= 15 is 0 Å². The standard InChI is InChI=1S/C20H20N2O3S2/c1-15-3-2-4-17(13-15)16-5-7-19(8-6-16)27(23,24)22-11-9-18(14-22)25-20-21-10-12-26-20/h2-8,10,12-13,18H,9,11,14H2,1H3. The molecule has 5 nitrogen and oxygen atoms in total. The van der Waals surface area contributed by atoms with E-state index in [0.29, 0.717) is 29.6 Å². The van der Waals surface area contributed by atoms with Gasteiger partial charge in [0.2, 0.25) is 10.0 Å². The van der Waals surface area contributed by atoms with Crippen molar-refractivity contribution in [3.8, 4) is 16.3 Å². The van der Waals surface area contributed by atoms with E-state index in [1.165, 1.54) is 21.2 Å². The Labute approximate surface area is 163 Å². The lowest BCUT2D eigenvalue weighted by Gasteiger charge is -2.17. The zero-order valence-corrected chi connectivity index (χ0v) is 16.5. The third-order valence-corrected chi connectivity index (χ3v) is 7.17. The van der Waals surface area contributed by atoms with Gasteiger partial charge in [-0.15, -0.1) is 0 Å². The fourth-order valence-electron chi connectivity index (χ4n) is 3.22. The SMILES string of the molecule is Cc1cccc(-c2ccc(S(=O)(=O)N3CCC(Oc4nccs4)C3)cc2)c1. The summed E-state index contributed by atoms with van der Waals surface area (Å²) < 4.78 is 33.1. The summed E-state index contributed by atoms with van der Waals surface area (Å²) in [5.41, 5.74) is 3.26. The van der Waals surface area contributed by atoms with Crippen molar-refractivity contribution < 1.29 is 13.2 Å². The number of nitrogens with zero attached hydrogens (tertiary/aromatic N) is 2. The van der Waals surface area contributed by atoms with Crippen LogP contribution in [-0.4, -0.2) is 36.9 Å². The average Bonchev–Trinajstić information content (AvgIpc) is 3.35. The number of hydrogen-bond acceptors (Lipinski definition) is 5. The first-order chi connectivity index (χ1) is 13.0. The molecule has 1 aliphatic heterocycles. The Morgan fingerprint density at radius 3 is 2.67 bits per heavy atom. The van der Waals surface area contributed by atoms with Crippen LogP contribution in [0.4, 0.5) is 0 Å². The van der Waals surface area contributed by atoms with E-state index in [2.05, 4.69) is 11.1 Å². The summed E-state index contributed by atoms with van der Waals surface area (Å²) in [4.78, 5) is 4.41. The Balaban J connectivity index is 1.49. The Morgan fingerprint density at radius 2 is 1.96 bits per heavy atom. The van der Waals surface area contributed by atoms with E-state index < -0.39 is 10.0 Å². The second-order valence-corrected chi connectivity index (χ2v) is 9.38. The molecule has 27 heavy (non-hydrogen) atoms. The van der Waals surface area contributed by atoms with E-state index in [1.54, 1.807) is 18.3 Å². The molecule has 3 aromatic rings. The van der Waals surface area contributed by atoms with E-state index in [4.69, 9.17) is 4.74 Å². The number of benzene rings is 2. The van der Waals surface area contributed by atoms with Crippen molar-refractivity contribution in [1.29, 1.82) is 0 Å². The maximum atomic E-state index is 12.9. The fraction of sp³-hybridized carbons (Fsp3) is 0.250. The van der Waals surface area contributed by atoms with Gasteiger partial charge < -0.3 is 4.74 Å². The fourth-order valence-corrected chi connectivity index (χ4v) is 5.25. The van der Waals surface area contributed by atoms with Crippen molar-refractivity contribution in [2.75, 3.05) is 13.1 Å². The van der Waals surface area contributed by atoms with Gasteiger partial charge in [0.15, 0.2) is 0 Å². The molecule has 1 atom stereocenters. The number of thiazole rings is 1. The molecule has 1 aromatic heterocycles. The Morgan fingerprint density at radius 1 is 1.15 bits per heavy atom. The van der Waals surface area contributed by atoms with Gasteiger partial charge in [-0.25, -0.2) is 13.4 Å².